The van der Waals surface area contributed by atoms with Crippen LogP contribution in [0.15, 0.2) is 34.0 Å². The van der Waals surface area contributed by atoms with E-state index in [9.17, 15) is 0 Å². The zero-order valence-electron chi connectivity index (χ0n) is 11.6. The van der Waals surface area contributed by atoms with E-state index in [-0.39, 0.29) is 0 Å². The minimum atomic E-state index is -0.551. The summed E-state index contributed by atoms with van der Waals surface area (Å²) in [5.74, 6) is -0.551. The SMILES string of the molecule is C=C(CCCC=C1[C@@H]2CC[C@H]1N=N2)C1(C)OCCO1. The quantitative estimate of drug-likeness (QED) is 0.563. The molecule has 0 aromatic carbocycles. The zero-order chi connectivity index (χ0) is 13.3. The van der Waals surface area contributed by atoms with Crippen LogP contribution in [-0.2, 0) is 9.47 Å². The number of fused-ring (bicyclic) bond motifs is 2. The lowest BCUT2D eigenvalue weighted by molar-refractivity contribution is -0.111. The van der Waals surface area contributed by atoms with Gasteiger partial charge in [-0.05, 0) is 50.2 Å². The Morgan fingerprint density at radius 1 is 1.32 bits per heavy atom. The number of azo groups is 1. The molecule has 2 fully saturated rings. The molecule has 104 valence electrons. The van der Waals surface area contributed by atoms with Gasteiger partial charge in [0.15, 0.2) is 5.79 Å². The maximum absolute atomic E-state index is 5.61. The van der Waals surface area contributed by atoms with Crippen LogP contribution in [0.4, 0.5) is 0 Å². The Bertz CT molecular complexity index is 406. The highest BCUT2D eigenvalue weighted by atomic mass is 16.7. The molecule has 0 aromatic rings. The van der Waals surface area contributed by atoms with Crippen LogP contribution in [-0.4, -0.2) is 31.1 Å². The van der Waals surface area contributed by atoms with Crippen molar-refractivity contribution in [2.24, 2.45) is 10.2 Å². The molecule has 2 atom stereocenters. The predicted molar refractivity (Wildman–Crippen MR) is 73.0 cm³/mol. The highest BCUT2D eigenvalue weighted by Gasteiger charge is 2.35. The first kappa shape index (κ1) is 13.0. The van der Waals surface area contributed by atoms with Gasteiger partial charge in [-0.15, -0.1) is 0 Å². The van der Waals surface area contributed by atoms with Crippen molar-refractivity contribution in [2.45, 2.75) is 56.9 Å². The van der Waals surface area contributed by atoms with Crippen molar-refractivity contribution in [3.8, 4) is 0 Å². The van der Waals surface area contributed by atoms with Crippen molar-refractivity contribution < 1.29 is 9.47 Å². The molecule has 2 aliphatic heterocycles. The molecule has 3 rings (SSSR count). The van der Waals surface area contributed by atoms with Crippen molar-refractivity contribution in [3.05, 3.63) is 23.8 Å². The average molecular weight is 262 g/mol. The minimum absolute atomic E-state index is 0.396. The molecule has 3 aliphatic rings. The van der Waals surface area contributed by atoms with E-state index in [0.29, 0.717) is 25.3 Å². The average Bonchev–Trinajstić information content (AvgIpc) is 3.11. The molecule has 1 aliphatic carbocycles. The van der Waals surface area contributed by atoms with E-state index in [0.717, 1.165) is 24.8 Å². The lowest BCUT2D eigenvalue weighted by Gasteiger charge is -2.24. The van der Waals surface area contributed by atoms with Crippen LogP contribution in [0.5, 0.6) is 0 Å². The van der Waals surface area contributed by atoms with Gasteiger partial charge in [0.05, 0.1) is 25.3 Å². The zero-order valence-corrected chi connectivity index (χ0v) is 11.6. The molecule has 4 nitrogen and oxygen atoms in total. The fraction of sp³-hybridized carbons (Fsp3) is 0.733. The van der Waals surface area contributed by atoms with Gasteiger partial charge < -0.3 is 9.47 Å². The number of unbranched alkanes of at least 4 members (excludes halogenated alkanes) is 1. The third kappa shape index (κ3) is 2.51. The maximum atomic E-state index is 5.61. The third-order valence-electron chi connectivity index (χ3n) is 4.37. The summed E-state index contributed by atoms with van der Waals surface area (Å²) in [5, 5.41) is 8.54. The molecule has 0 N–H and O–H groups in total. The van der Waals surface area contributed by atoms with Gasteiger partial charge in [-0.1, -0.05) is 12.7 Å². The van der Waals surface area contributed by atoms with E-state index in [2.05, 4.69) is 22.9 Å². The second-order valence-electron chi connectivity index (χ2n) is 5.68. The van der Waals surface area contributed by atoms with Gasteiger partial charge in [0.1, 0.15) is 0 Å². The van der Waals surface area contributed by atoms with E-state index < -0.39 is 5.79 Å². The molecule has 1 saturated heterocycles. The summed E-state index contributed by atoms with van der Waals surface area (Å²) in [6, 6.07) is 0.791. The molecule has 2 bridgehead atoms. The van der Waals surface area contributed by atoms with Crippen LogP contribution in [0.25, 0.3) is 0 Å². The lowest BCUT2D eigenvalue weighted by Crippen LogP contribution is -2.27. The Morgan fingerprint density at radius 3 is 2.53 bits per heavy atom. The highest BCUT2D eigenvalue weighted by molar-refractivity contribution is 5.26. The number of rotatable bonds is 5. The van der Waals surface area contributed by atoms with Crippen molar-refractivity contribution in [2.75, 3.05) is 13.2 Å². The van der Waals surface area contributed by atoms with Gasteiger partial charge in [0.25, 0.3) is 0 Å². The summed E-state index contributed by atoms with van der Waals surface area (Å²) in [4.78, 5) is 0. The van der Waals surface area contributed by atoms with E-state index in [1.807, 2.05) is 6.92 Å². The van der Waals surface area contributed by atoms with Gasteiger partial charge in [0, 0.05) is 0 Å². The summed E-state index contributed by atoms with van der Waals surface area (Å²) in [6.07, 6.45) is 7.82. The minimum Gasteiger partial charge on any atom is -0.344 e. The largest absolute Gasteiger partial charge is 0.344 e. The van der Waals surface area contributed by atoms with Crippen LogP contribution in [0.2, 0.25) is 0 Å². The Kier molecular flexibility index (Phi) is 3.54. The number of allylic oxidation sites excluding steroid dienone is 1. The smallest absolute Gasteiger partial charge is 0.187 e. The normalized spacial score (nSPS) is 33.4. The monoisotopic (exact) mass is 262 g/mol. The van der Waals surface area contributed by atoms with Gasteiger partial charge >= 0.3 is 0 Å². The Balaban J connectivity index is 1.44. The molecule has 1 saturated carbocycles. The highest BCUT2D eigenvalue weighted by Crippen LogP contribution is 2.37. The van der Waals surface area contributed by atoms with Crippen LogP contribution in [0, 0.1) is 0 Å². The molecule has 0 unspecified atom stereocenters. The second kappa shape index (κ2) is 5.17. The Hall–Kier alpha value is -1.00. The molecule has 0 aromatic heterocycles. The van der Waals surface area contributed by atoms with Crippen LogP contribution < -0.4 is 0 Å². The van der Waals surface area contributed by atoms with E-state index in [1.165, 1.54) is 18.4 Å². The van der Waals surface area contributed by atoms with Crippen LogP contribution in [0.3, 0.4) is 0 Å². The first-order valence-corrected chi connectivity index (χ1v) is 7.25. The standard InChI is InChI=1S/C15H22N2O2/c1-11(15(2)18-9-10-19-15)5-3-4-6-12-13-7-8-14(12)17-16-13/h6,13-14H,1,3-5,7-10H2,2H3/t13-,14+. The first-order valence-electron chi connectivity index (χ1n) is 7.25. The fourth-order valence-corrected chi connectivity index (χ4v) is 3.08. The first-order chi connectivity index (χ1) is 9.19. The molecular weight excluding hydrogens is 240 g/mol. The van der Waals surface area contributed by atoms with E-state index in [4.69, 9.17) is 9.47 Å². The number of nitrogens with zero attached hydrogens (tertiary/aromatic N) is 2. The number of hydrogen-bond acceptors (Lipinski definition) is 4. The summed E-state index contributed by atoms with van der Waals surface area (Å²) in [6.45, 7) is 7.43. The molecule has 0 spiro atoms. The Labute approximate surface area is 114 Å². The molecule has 0 amide bonds. The van der Waals surface area contributed by atoms with E-state index >= 15 is 0 Å². The molecule has 0 radical (unpaired) electrons. The van der Waals surface area contributed by atoms with Crippen molar-refractivity contribution in [3.63, 3.8) is 0 Å². The molecule has 2 heterocycles. The number of hydrogen-bond donors (Lipinski definition) is 0. The molecule has 4 heteroatoms. The van der Waals surface area contributed by atoms with Gasteiger partial charge in [-0.25, -0.2) is 0 Å². The Morgan fingerprint density at radius 2 is 1.95 bits per heavy atom. The van der Waals surface area contributed by atoms with Gasteiger partial charge in [0.2, 0.25) is 0 Å². The maximum Gasteiger partial charge on any atom is 0.187 e. The summed E-state index contributed by atoms with van der Waals surface area (Å²) in [7, 11) is 0. The van der Waals surface area contributed by atoms with Gasteiger partial charge in [-0.2, -0.15) is 10.2 Å². The molecular formula is C15H22N2O2. The van der Waals surface area contributed by atoms with Crippen LogP contribution >= 0.6 is 0 Å². The third-order valence-corrected chi connectivity index (χ3v) is 4.37. The summed E-state index contributed by atoms with van der Waals surface area (Å²) >= 11 is 0. The summed E-state index contributed by atoms with van der Waals surface area (Å²) in [5.41, 5.74) is 2.50. The fourth-order valence-electron chi connectivity index (χ4n) is 3.08. The predicted octanol–water partition coefficient (Wildman–Crippen LogP) is 3.40. The lowest BCUT2D eigenvalue weighted by atomic mass is 10.0. The van der Waals surface area contributed by atoms with Crippen LogP contribution in [0.1, 0.15) is 39.0 Å². The van der Waals surface area contributed by atoms with E-state index in [1.54, 1.807) is 0 Å². The second-order valence-corrected chi connectivity index (χ2v) is 5.68. The van der Waals surface area contributed by atoms with Crippen molar-refractivity contribution >= 4 is 0 Å². The summed E-state index contributed by atoms with van der Waals surface area (Å²) < 4.78 is 11.2. The van der Waals surface area contributed by atoms with Crippen molar-refractivity contribution in [1.29, 1.82) is 0 Å². The van der Waals surface area contributed by atoms with Gasteiger partial charge in [-0.3, -0.25) is 0 Å². The van der Waals surface area contributed by atoms with Crippen molar-refractivity contribution in [1.82, 2.24) is 0 Å². The number of ether oxygens (including phenoxy) is 2. The topological polar surface area (TPSA) is 43.2 Å². The molecule has 19 heavy (non-hydrogen) atoms.